The van der Waals surface area contributed by atoms with E-state index in [0.29, 0.717) is 0 Å². The van der Waals surface area contributed by atoms with Gasteiger partial charge in [0.2, 0.25) is 0 Å². The van der Waals surface area contributed by atoms with Gasteiger partial charge in [0, 0.05) is 37.7 Å². The second kappa shape index (κ2) is 6.91. The molecule has 0 spiro atoms. The van der Waals surface area contributed by atoms with Crippen LogP contribution >= 0.6 is 12.2 Å². The van der Waals surface area contributed by atoms with Crippen LogP contribution in [0.3, 0.4) is 0 Å². The van der Waals surface area contributed by atoms with E-state index in [-0.39, 0.29) is 12.1 Å². The van der Waals surface area contributed by atoms with Gasteiger partial charge in [0.25, 0.3) is 0 Å². The molecule has 24 heavy (non-hydrogen) atoms. The minimum absolute atomic E-state index is 0.0638. The minimum Gasteiger partial charge on any atom is -0.352 e. The molecule has 0 saturated carbocycles. The van der Waals surface area contributed by atoms with Crippen LogP contribution in [0, 0.1) is 6.92 Å². The number of thiocarbonyl (C=S) groups is 1. The molecule has 0 aromatic carbocycles. The summed E-state index contributed by atoms with van der Waals surface area (Å²) in [7, 11) is 6.29. The molecule has 1 fully saturated rings. The highest BCUT2D eigenvalue weighted by Crippen LogP contribution is 2.38. The largest absolute Gasteiger partial charge is 0.352 e. The van der Waals surface area contributed by atoms with Crippen molar-refractivity contribution in [2.45, 2.75) is 19.0 Å². The van der Waals surface area contributed by atoms with E-state index in [9.17, 15) is 0 Å². The molecule has 0 aliphatic carbocycles. The first kappa shape index (κ1) is 16.9. The van der Waals surface area contributed by atoms with E-state index in [2.05, 4.69) is 70.9 Å². The van der Waals surface area contributed by atoms with Crippen molar-refractivity contribution < 1.29 is 0 Å². The third kappa shape index (κ3) is 3.16. The molecule has 2 unspecified atom stereocenters. The molecule has 3 heterocycles. The Hall–Kier alpha value is -1.92. The van der Waals surface area contributed by atoms with Crippen molar-refractivity contribution >= 4 is 17.3 Å². The van der Waals surface area contributed by atoms with Crippen LogP contribution in [0.25, 0.3) is 0 Å². The molecule has 0 amide bonds. The molecular weight excluding hydrogens is 318 g/mol. The molecule has 3 rings (SSSR count). The zero-order valence-corrected chi connectivity index (χ0v) is 15.5. The predicted octanol–water partition coefficient (Wildman–Crippen LogP) is 2.26. The molecule has 0 bridgehead atoms. The van der Waals surface area contributed by atoms with Crippen LogP contribution in [-0.2, 0) is 7.05 Å². The molecule has 2 aromatic rings. The number of hydrogen-bond acceptors (Lipinski definition) is 3. The topological polar surface area (TPSA) is 36.3 Å². The van der Waals surface area contributed by atoms with E-state index in [1.807, 2.05) is 18.3 Å². The number of nitrogens with zero attached hydrogens (tertiary/aromatic N) is 4. The Labute approximate surface area is 149 Å². The average molecular weight is 344 g/mol. The summed E-state index contributed by atoms with van der Waals surface area (Å²) < 4.78 is 2.25. The number of nitrogens with one attached hydrogen (secondary N) is 1. The lowest BCUT2D eigenvalue weighted by Gasteiger charge is -2.29. The Balaban J connectivity index is 1.99. The van der Waals surface area contributed by atoms with Crippen molar-refractivity contribution in [1.29, 1.82) is 0 Å². The fourth-order valence-electron chi connectivity index (χ4n) is 3.21. The van der Waals surface area contributed by atoms with Gasteiger partial charge in [0.05, 0.1) is 17.8 Å². The monoisotopic (exact) mass is 343 g/mol. The lowest BCUT2D eigenvalue weighted by molar-refractivity contribution is 0.270. The van der Waals surface area contributed by atoms with Gasteiger partial charge in [-0.2, -0.15) is 0 Å². The molecule has 5 nitrogen and oxygen atoms in total. The zero-order valence-electron chi connectivity index (χ0n) is 14.7. The number of aryl methyl sites for hydroxylation is 1. The first-order valence-corrected chi connectivity index (χ1v) is 8.65. The molecule has 0 radical (unpaired) electrons. The molecule has 1 N–H and O–H groups in total. The van der Waals surface area contributed by atoms with Crippen molar-refractivity contribution in [2.24, 2.45) is 7.05 Å². The Morgan fingerprint density at radius 1 is 1.25 bits per heavy atom. The number of hydrogen-bond donors (Lipinski definition) is 1. The van der Waals surface area contributed by atoms with Gasteiger partial charge in [0.15, 0.2) is 5.11 Å². The van der Waals surface area contributed by atoms with Crippen molar-refractivity contribution in [1.82, 2.24) is 24.7 Å². The van der Waals surface area contributed by atoms with Crippen molar-refractivity contribution in [3.8, 4) is 0 Å². The number of pyridine rings is 1. The summed E-state index contributed by atoms with van der Waals surface area (Å²) in [6.45, 7) is 3.97. The second-order valence-corrected chi connectivity index (χ2v) is 6.97. The smallest absolute Gasteiger partial charge is 0.170 e. The highest BCUT2D eigenvalue weighted by molar-refractivity contribution is 7.80. The van der Waals surface area contributed by atoms with E-state index in [1.54, 1.807) is 0 Å². The third-order valence-electron chi connectivity index (χ3n) is 4.70. The first-order chi connectivity index (χ1) is 11.5. The van der Waals surface area contributed by atoms with Crippen LogP contribution in [0.5, 0.6) is 0 Å². The average Bonchev–Trinajstić information content (AvgIpc) is 3.06. The van der Waals surface area contributed by atoms with Crippen LogP contribution < -0.4 is 5.32 Å². The van der Waals surface area contributed by atoms with Gasteiger partial charge in [-0.15, -0.1) is 0 Å². The lowest BCUT2D eigenvalue weighted by atomic mass is 10.0. The van der Waals surface area contributed by atoms with E-state index in [4.69, 9.17) is 12.2 Å². The first-order valence-electron chi connectivity index (χ1n) is 8.24. The molecule has 1 aliphatic rings. The Morgan fingerprint density at radius 3 is 2.62 bits per heavy atom. The summed E-state index contributed by atoms with van der Waals surface area (Å²) in [6.07, 6.45) is 1.84. The number of aromatic nitrogens is 2. The van der Waals surface area contributed by atoms with Gasteiger partial charge >= 0.3 is 0 Å². The number of likely N-dealkylation sites (N-methyl/N-ethyl adjacent to an activating group) is 1. The normalized spacial score (nSPS) is 20.7. The van der Waals surface area contributed by atoms with E-state index < -0.39 is 0 Å². The fourth-order valence-corrected chi connectivity index (χ4v) is 3.54. The van der Waals surface area contributed by atoms with Crippen LogP contribution in [0.15, 0.2) is 36.5 Å². The Morgan fingerprint density at radius 2 is 2.04 bits per heavy atom. The predicted molar refractivity (Wildman–Crippen MR) is 101 cm³/mol. The molecule has 1 aliphatic heterocycles. The van der Waals surface area contributed by atoms with Gasteiger partial charge in [-0.1, -0.05) is 6.07 Å². The van der Waals surface area contributed by atoms with Crippen LogP contribution in [0.1, 0.15) is 29.2 Å². The zero-order chi connectivity index (χ0) is 17.3. The maximum absolute atomic E-state index is 5.66. The molecular formula is C18H25N5S. The van der Waals surface area contributed by atoms with Gasteiger partial charge in [0.1, 0.15) is 0 Å². The summed E-state index contributed by atoms with van der Waals surface area (Å²) in [5.41, 5.74) is 3.53. The van der Waals surface area contributed by atoms with Gasteiger partial charge in [-0.3, -0.25) is 4.98 Å². The van der Waals surface area contributed by atoms with E-state index in [0.717, 1.165) is 23.9 Å². The fraction of sp³-hybridized carbons (Fsp3) is 0.444. The van der Waals surface area contributed by atoms with E-state index in [1.165, 1.54) is 11.4 Å². The number of rotatable bonds is 5. The Kier molecular flexibility index (Phi) is 4.87. The minimum atomic E-state index is 0.0638. The van der Waals surface area contributed by atoms with Gasteiger partial charge in [-0.05, 0) is 57.5 Å². The summed E-state index contributed by atoms with van der Waals surface area (Å²) in [4.78, 5) is 9.05. The second-order valence-electron chi connectivity index (χ2n) is 6.58. The van der Waals surface area contributed by atoms with Crippen molar-refractivity contribution in [2.75, 3.05) is 27.2 Å². The van der Waals surface area contributed by atoms with Crippen LogP contribution in [0.4, 0.5) is 0 Å². The summed E-state index contributed by atoms with van der Waals surface area (Å²) in [5, 5.41) is 4.29. The molecule has 128 valence electrons. The molecule has 2 aromatic heterocycles. The van der Waals surface area contributed by atoms with Crippen molar-refractivity contribution in [3.05, 3.63) is 53.6 Å². The highest BCUT2D eigenvalue weighted by atomic mass is 32.1. The maximum Gasteiger partial charge on any atom is 0.170 e. The van der Waals surface area contributed by atoms with Gasteiger partial charge < -0.3 is 19.7 Å². The van der Waals surface area contributed by atoms with Crippen LogP contribution in [-0.4, -0.2) is 51.6 Å². The quantitative estimate of drug-likeness (QED) is 0.843. The lowest BCUT2D eigenvalue weighted by Crippen LogP contribution is -2.36. The third-order valence-corrected chi connectivity index (χ3v) is 5.05. The molecule has 1 saturated heterocycles. The summed E-state index contributed by atoms with van der Waals surface area (Å²) in [6, 6.07) is 10.6. The standard InChI is InChI=1S/C18H25N5S/c1-13-8-9-15(22(13)4)17-16(14-7-5-6-10-19-14)20-18(24)23(17)12-11-21(2)3/h5-10,16-17H,11-12H2,1-4H3,(H,20,24). The van der Waals surface area contributed by atoms with E-state index >= 15 is 0 Å². The Bertz CT molecular complexity index is 709. The van der Waals surface area contributed by atoms with Crippen molar-refractivity contribution in [3.63, 3.8) is 0 Å². The molecule has 6 heteroatoms. The molecule has 2 atom stereocenters. The highest BCUT2D eigenvalue weighted by Gasteiger charge is 2.40. The van der Waals surface area contributed by atoms with Crippen LogP contribution in [0.2, 0.25) is 0 Å². The summed E-state index contributed by atoms with van der Waals surface area (Å²) >= 11 is 5.66. The summed E-state index contributed by atoms with van der Waals surface area (Å²) in [5.74, 6) is 0. The van der Waals surface area contributed by atoms with Gasteiger partial charge in [-0.25, -0.2) is 0 Å². The SMILES string of the molecule is Cc1ccc(C2C(c3ccccn3)NC(=S)N2CCN(C)C)n1C. The maximum atomic E-state index is 5.66.